The van der Waals surface area contributed by atoms with E-state index in [1.807, 2.05) is 6.92 Å². The van der Waals surface area contributed by atoms with Crippen molar-refractivity contribution in [2.24, 2.45) is 5.14 Å². The summed E-state index contributed by atoms with van der Waals surface area (Å²) in [5.41, 5.74) is 1.02. The smallest absolute Gasteiger partial charge is 0.254 e. The van der Waals surface area contributed by atoms with E-state index in [1.54, 1.807) is 12.3 Å². The minimum Gasteiger partial charge on any atom is -0.385 e. The Balaban J connectivity index is 2.66. The van der Waals surface area contributed by atoms with Crippen LogP contribution in [0.1, 0.15) is 17.3 Å². The number of sulfonamides is 1. The maximum absolute atomic E-state index is 11.8. The van der Waals surface area contributed by atoms with E-state index in [0.29, 0.717) is 17.8 Å². The van der Waals surface area contributed by atoms with Crippen LogP contribution < -0.4 is 15.8 Å². The fourth-order valence-corrected chi connectivity index (χ4v) is 1.71. The van der Waals surface area contributed by atoms with E-state index >= 15 is 0 Å². The summed E-state index contributed by atoms with van der Waals surface area (Å²) in [6.07, 6.45) is 2.99. The molecule has 0 saturated carbocycles. The molecule has 1 heterocycles. The first kappa shape index (κ1) is 14.4. The van der Waals surface area contributed by atoms with Gasteiger partial charge in [-0.2, -0.15) is 0 Å². The van der Waals surface area contributed by atoms with E-state index in [-0.39, 0.29) is 18.2 Å². The molecule has 0 aliphatic carbocycles. The van der Waals surface area contributed by atoms with Crippen LogP contribution in [0.2, 0.25) is 0 Å². The van der Waals surface area contributed by atoms with Crippen molar-refractivity contribution in [3.63, 3.8) is 0 Å². The Kier molecular flexibility index (Phi) is 5.05. The van der Waals surface area contributed by atoms with E-state index in [4.69, 9.17) is 5.14 Å². The number of anilines is 1. The number of nitrogens with one attached hydrogen (secondary N) is 2. The maximum atomic E-state index is 11.8. The van der Waals surface area contributed by atoms with Crippen LogP contribution in [-0.4, -0.2) is 38.2 Å². The first-order chi connectivity index (χ1) is 8.44. The molecule has 0 aliphatic rings. The van der Waals surface area contributed by atoms with Crippen LogP contribution in [0.5, 0.6) is 0 Å². The van der Waals surface area contributed by atoms with Crippen molar-refractivity contribution in [3.05, 3.63) is 24.0 Å². The number of rotatable bonds is 6. The molecule has 0 saturated heterocycles. The molecule has 0 fully saturated rings. The number of carbonyl (C=O) groups excluding carboxylic acids is 1. The lowest BCUT2D eigenvalue weighted by Crippen LogP contribution is -2.31. The van der Waals surface area contributed by atoms with Gasteiger partial charge in [0.25, 0.3) is 5.91 Å². The normalized spacial score (nSPS) is 11.0. The van der Waals surface area contributed by atoms with Crippen molar-refractivity contribution in [1.82, 2.24) is 10.3 Å². The van der Waals surface area contributed by atoms with Crippen molar-refractivity contribution in [1.29, 1.82) is 0 Å². The van der Waals surface area contributed by atoms with Crippen LogP contribution in [0.25, 0.3) is 0 Å². The molecule has 18 heavy (non-hydrogen) atoms. The molecule has 1 aromatic rings. The summed E-state index contributed by atoms with van der Waals surface area (Å²) in [7, 11) is -3.57. The Bertz CT molecular complexity index is 516. The van der Waals surface area contributed by atoms with Crippen molar-refractivity contribution in [2.75, 3.05) is 24.2 Å². The Hall–Kier alpha value is -1.67. The Labute approximate surface area is 106 Å². The van der Waals surface area contributed by atoms with Crippen molar-refractivity contribution >= 4 is 21.6 Å². The average molecular weight is 272 g/mol. The third kappa shape index (κ3) is 4.68. The standard InChI is InChI=1S/C10H16N4O3S/c1-2-13-9-3-4-12-7-8(9)10(15)14-5-6-18(11,16)17/h3-4,7H,2,5-6H2,1H3,(H,12,13)(H,14,15)(H2,11,16,17). The minimum atomic E-state index is -3.57. The molecule has 0 radical (unpaired) electrons. The third-order valence-corrected chi connectivity index (χ3v) is 2.88. The highest BCUT2D eigenvalue weighted by molar-refractivity contribution is 7.89. The van der Waals surface area contributed by atoms with Gasteiger partial charge in [-0.05, 0) is 13.0 Å². The van der Waals surface area contributed by atoms with E-state index in [0.717, 1.165) is 0 Å². The second-order valence-corrected chi connectivity index (χ2v) is 5.31. The fraction of sp³-hybridized carbons (Fsp3) is 0.400. The number of carbonyl (C=O) groups is 1. The average Bonchev–Trinajstić information content (AvgIpc) is 2.28. The van der Waals surface area contributed by atoms with Crippen LogP contribution in [0.3, 0.4) is 0 Å². The predicted molar refractivity (Wildman–Crippen MR) is 68.7 cm³/mol. The summed E-state index contributed by atoms with van der Waals surface area (Å²) in [5, 5.41) is 10.3. The Morgan fingerprint density at radius 3 is 2.83 bits per heavy atom. The molecule has 0 unspecified atom stereocenters. The van der Waals surface area contributed by atoms with Gasteiger partial charge < -0.3 is 10.6 Å². The highest BCUT2D eigenvalue weighted by atomic mass is 32.2. The van der Waals surface area contributed by atoms with Gasteiger partial charge in [0.15, 0.2) is 0 Å². The molecule has 7 nitrogen and oxygen atoms in total. The SMILES string of the molecule is CCNc1ccncc1C(=O)NCCS(N)(=O)=O. The first-order valence-electron chi connectivity index (χ1n) is 5.40. The van der Waals surface area contributed by atoms with Crippen LogP contribution in [-0.2, 0) is 10.0 Å². The van der Waals surface area contributed by atoms with Gasteiger partial charge in [0, 0.05) is 25.5 Å². The lowest BCUT2D eigenvalue weighted by molar-refractivity contribution is 0.0956. The summed E-state index contributed by atoms with van der Waals surface area (Å²) in [5.74, 6) is -0.682. The highest BCUT2D eigenvalue weighted by Crippen LogP contribution is 2.12. The molecular formula is C10H16N4O3S. The summed E-state index contributed by atoms with van der Waals surface area (Å²) < 4.78 is 21.4. The summed E-state index contributed by atoms with van der Waals surface area (Å²) in [6, 6.07) is 1.68. The van der Waals surface area contributed by atoms with E-state index in [2.05, 4.69) is 15.6 Å². The van der Waals surface area contributed by atoms with Crippen LogP contribution in [0.15, 0.2) is 18.5 Å². The first-order valence-corrected chi connectivity index (χ1v) is 7.12. The van der Waals surface area contributed by atoms with Gasteiger partial charge in [0.2, 0.25) is 10.0 Å². The zero-order chi connectivity index (χ0) is 13.6. The minimum absolute atomic E-state index is 0.0296. The van der Waals surface area contributed by atoms with E-state index < -0.39 is 10.0 Å². The fourth-order valence-electron chi connectivity index (χ4n) is 1.32. The summed E-state index contributed by atoms with van der Waals surface area (Å²) >= 11 is 0. The molecule has 1 rings (SSSR count). The van der Waals surface area contributed by atoms with Gasteiger partial charge in [-0.25, -0.2) is 13.6 Å². The molecule has 100 valence electrons. The molecule has 0 aromatic carbocycles. The topological polar surface area (TPSA) is 114 Å². The molecule has 8 heteroatoms. The molecular weight excluding hydrogens is 256 g/mol. The quantitative estimate of drug-likeness (QED) is 0.648. The molecule has 0 aliphatic heterocycles. The van der Waals surface area contributed by atoms with Crippen LogP contribution in [0, 0.1) is 0 Å². The van der Waals surface area contributed by atoms with Crippen molar-refractivity contribution in [3.8, 4) is 0 Å². The van der Waals surface area contributed by atoms with Crippen molar-refractivity contribution < 1.29 is 13.2 Å². The number of nitrogens with two attached hydrogens (primary N) is 1. The van der Waals surface area contributed by atoms with E-state index in [1.165, 1.54) is 6.20 Å². The third-order valence-electron chi connectivity index (χ3n) is 2.11. The van der Waals surface area contributed by atoms with Gasteiger partial charge in [-0.15, -0.1) is 0 Å². The number of aromatic nitrogens is 1. The Morgan fingerprint density at radius 2 is 2.22 bits per heavy atom. The van der Waals surface area contributed by atoms with Gasteiger partial charge in [-0.3, -0.25) is 9.78 Å². The van der Waals surface area contributed by atoms with Gasteiger partial charge in [-0.1, -0.05) is 0 Å². The van der Waals surface area contributed by atoms with Crippen LogP contribution in [0.4, 0.5) is 5.69 Å². The molecule has 0 bridgehead atoms. The van der Waals surface area contributed by atoms with Gasteiger partial charge >= 0.3 is 0 Å². The summed E-state index contributed by atoms with van der Waals surface area (Å²) in [6.45, 7) is 2.54. The monoisotopic (exact) mass is 272 g/mol. The number of amides is 1. The maximum Gasteiger partial charge on any atom is 0.254 e. The zero-order valence-corrected chi connectivity index (χ0v) is 10.8. The Morgan fingerprint density at radius 1 is 1.50 bits per heavy atom. The highest BCUT2D eigenvalue weighted by Gasteiger charge is 2.11. The number of hydrogen-bond acceptors (Lipinski definition) is 5. The molecule has 1 amide bonds. The molecule has 4 N–H and O–H groups in total. The largest absolute Gasteiger partial charge is 0.385 e. The molecule has 0 spiro atoms. The lowest BCUT2D eigenvalue weighted by atomic mass is 10.2. The van der Waals surface area contributed by atoms with Crippen LogP contribution >= 0.6 is 0 Å². The number of primary sulfonamides is 1. The van der Waals surface area contributed by atoms with Gasteiger partial charge in [0.1, 0.15) is 0 Å². The second-order valence-electron chi connectivity index (χ2n) is 3.57. The molecule has 0 atom stereocenters. The second kappa shape index (κ2) is 6.31. The number of pyridine rings is 1. The number of hydrogen-bond donors (Lipinski definition) is 3. The van der Waals surface area contributed by atoms with Gasteiger partial charge in [0.05, 0.1) is 17.0 Å². The predicted octanol–water partition coefficient (Wildman–Crippen LogP) is -0.468. The summed E-state index contributed by atoms with van der Waals surface area (Å²) in [4.78, 5) is 15.7. The van der Waals surface area contributed by atoms with E-state index in [9.17, 15) is 13.2 Å². The lowest BCUT2D eigenvalue weighted by Gasteiger charge is -2.09. The van der Waals surface area contributed by atoms with Crippen molar-refractivity contribution in [2.45, 2.75) is 6.92 Å². The number of nitrogens with zero attached hydrogens (tertiary/aromatic N) is 1. The molecule has 1 aromatic heterocycles. The zero-order valence-electron chi connectivity index (χ0n) is 10.0.